The predicted octanol–water partition coefficient (Wildman–Crippen LogP) is 2.84. The van der Waals surface area contributed by atoms with Gasteiger partial charge in [0.2, 0.25) is 0 Å². The lowest BCUT2D eigenvalue weighted by Gasteiger charge is -2.23. The highest BCUT2D eigenvalue weighted by Gasteiger charge is 2.30. The van der Waals surface area contributed by atoms with Crippen molar-refractivity contribution in [3.8, 4) is 17.2 Å². The van der Waals surface area contributed by atoms with Gasteiger partial charge in [-0.2, -0.15) is 5.26 Å². The van der Waals surface area contributed by atoms with E-state index in [0.29, 0.717) is 17.7 Å². The van der Waals surface area contributed by atoms with Crippen molar-refractivity contribution in [1.82, 2.24) is 4.90 Å². The maximum Gasteiger partial charge on any atom is 0.151 e. The van der Waals surface area contributed by atoms with Crippen LogP contribution in [0, 0.1) is 11.3 Å². The third-order valence-electron chi connectivity index (χ3n) is 4.58. The van der Waals surface area contributed by atoms with Crippen molar-refractivity contribution in [2.24, 2.45) is 0 Å². The normalized spacial score (nSPS) is 19.3. The van der Waals surface area contributed by atoms with E-state index in [0.717, 1.165) is 23.2 Å². The van der Waals surface area contributed by atoms with Gasteiger partial charge in [0.15, 0.2) is 9.84 Å². The van der Waals surface area contributed by atoms with Crippen LogP contribution in [-0.2, 0) is 16.4 Å². The molecule has 0 amide bonds. The van der Waals surface area contributed by atoms with Gasteiger partial charge in [0, 0.05) is 12.6 Å². The number of sulfone groups is 1. The molecule has 0 aromatic heterocycles. The summed E-state index contributed by atoms with van der Waals surface area (Å²) in [6.07, 6.45) is 0.715. The van der Waals surface area contributed by atoms with Crippen molar-refractivity contribution in [1.29, 1.82) is 5.26 Å². The highest BCUT2D eigenvalue weighted by molar-refractivity contribution is 7.91. The fourth-order valence-corrected chi connectivity index (χ4v) is 4.97. The maximum atomic E-state index is 11.6. The fraction of sp³-hybridized carbons (Fsp3) is 0.316. The van der Waals surface area contributed by atoms with Crippen molar-refractivity contribution < 1.29 is 8.42 Å². The topological polar surface area (TPSA) is 61.2 Å². The fourth-order valence-electron chi connectivity index (χ4n) is 3.16. The van der Waals surface area contributed by atoms with Crippen molar-refractivity contribution in [3.05, 3.63) is 59.7 Å². The van der Waals surface area contributed by atoms with Gasteiger partial charge in [0.25, 0.3) is 0 Å². The van der Waals surface area contributed by atoms with Crippen molar-refractivity contribution >= 4 is 9.84 Å². The van der Waals surface area contributed by atoms with Gasteiger partial charge in [-0.3, -0.25) is 4.90 Å². The first-order chi connectivity index (χ1) is 11.5. The Kier molecular flexibility index (Phi) is 4.70. The molecule has 1 heterocycles. The summed E-state index contributed by atoms with van der Waals surface area (Å²) in [7, 11) is -0.879. The van der Waals surface area contributed by atoms with Crippen LogP contribution in [0.3, 0.4) is 0 Å². The van der Waals surface area contributed by atoms with Crippen LogP contribution >= 0.6 is 0 Å². The molecule has 1 aliphatic rings. The molecule has 2 aromatic rings. The van der Waals surface area contributed by atoms with Gasteiger partial charge in [0.05, 0.1) is 23.1 Å². The Bertz CT molecular complexity index is 867. The van der Waals surface area contributed by atoms with E-state index in [1.807, 2.05) is 55.6 Å². The average molecular weight is 340 g/mol. The van der Waals surface area contributed by atoms with Crippen LogP contribution in [0.15, 0.2) is 48.5 Å². The minimum atomic E-state index is -2.86. The molecule has 124 valence electrons. The maximum absolute atomic E-state index is 11.6. The molecule has 0 bridgehead atoms. The number of rotatable bonds is 4. The van der Waals surface area contributed by atoms with E-state index in [2.05, 4.69) is 11.0 Å². The second-order valence-electron chi connectivity index (χ2n) is 6.33. The van der Waals surface area contributed by atoms with Crippen LogP contribution in [0.4, 0.5) is 0 Å². The Labute approximate surface area is 143 Å². The summed E-state index contributed by atoms with van der Waals surface area (Å²) in [5, 5.41) is 9.21. The number of benzene rings is 2. The number of nitriles is 1. The molecule has 0 saturated carbocycles. The summed E-state index contributed by atoms with van der Waals surface area (Å²) in [5.41, 5.74) is 3.75. The molecule has 3 rings (SSSR count). The molecule has 1 fully saturated rings. The number of nitrogens with zero attached hydrogens (tertiary/aromatic N) is 2. The molecule has 0 N–H and O–H groups in total. The summed E-state index contributed by atoms with van der Waals surface area (Å²) < 4.78 is 23.2. The lowest BCUT2D eigenvalue weighted by atomic mass is 9.99. The molecule has 0 aliphatic carbocycles. The predicted molar refractivity (Wildman–Crippen MR) is 95.1 cm³/mol. The molecule has 2 aromatic carbocycles. The molecule has 4 nitrogen and oxygen atoms in total. The van der Waals surface area contributed by atoms with Crippen LogP contribution < -0.4 is 0 Å². The Morgan fingerprint density at radius 1 is 1.17 bits per heavy atom. The van der Waals surface area contributed by atoms with E-state index in [1.165, 1.54) is 0 Å². The van der Waals surface area contributed by atoms with Crippen molar-refractivity contribution in [3.63, 3.8) is 0 Å². The lowest BCUT2D eigenvalue weighted by molar-refractivity contribution is 0.254. The summed E-state index contributed by atoms with van der Waals surface area (Å²) in [5.74, 6) is 0.559. The standard InChI is InChI=1S/C19H20N2O2S/c1-21(18-10-11-24(22,23)14-18)13-15-6-8-16(9-7-15)19-5-3-2-4-17(19)12-20/h2-9,18H,10-11,13-14H2,1H3/t18-/m0/s1. The molecule has 0 spiro atoms. The first kappa shape index (κ1) is 16.7. The third kappa shape index (κ3) is 3.66. The van der Waals surface area contributed by atoms with Crippen molar-refractivity contribution in [2.45, 2.75) is 19.0 Å². The average Bonchev–Trinajstić information content (AvgIpc) is 2.96. The van der Waals surface area contributed by atoms with E-state index < -0.39 is 9.84 Å². The van der Waals surface area contributed by atoms with Gasteiger partial charge in [-0.15, -0.1) is 0 Å². The second kappa shape index (κ2) is 6.76. The molecule has 24 heavy (non-hydrogen) atoms. The first-order valence-corrected chi connectivity index (χ1v) is 9.80. The molecular formula is C19H20N2O2S. The molecule has 0 unspecified atom stereocenters. The molecule has 1 saturated heterocycles. The van der Waals surface area contributed by atoms with Crippen LogP contribution in [0.2, 0.25) is 0 Å². The smallest absolute Gasteiger partial charge is 0.151 e. The molecule has 0 radical (unpaired) electrons. The Morgan fingerprint density at radius 2 is 1.88 bits per heavy atom. The van der Waals surface area contributed by atoms with Gasteiger partial charge in [0.1, 0.15) is 0 Å². The third-order valence-corrected chi connectivity index (χ3v) is 6.33. The molecule has 5 heteroatoms. The highest BCUT2D eigenvalue weighted by Crippen LogP contribution is 2.24. The first-order valence-electron chi connectivity index (χ1n) is 7.97. The summed E-state index contributed by atoms with van der Waals surface area (Å²) in [6.45, 7) is 0.723. The quantitative estimate of drug-likeness (QED) is 0.859. The van der Waals surface area contributed by atoms with Crippen LogP contribution in [0.1, 0.15) is 17.5 Å². The van der Waals surface area contributed by atoms with Gasteiger partial charge in [-0.25, -0.2) is 8.42 Å². The van der Waals surface area contributed by atoms with E-state index in [9.17, 15) is 13.7 Å². The Balaban J connectivity index is 1.72. The zero-order chi connectivity index (χ0) is 17.2. The largest absolute Gasteiger partial charge is 0.298 e. The van der Waals surface area contributed by atoms with Gasteiger partial charge in [-0.05, 0) is 36.2 Å². The minimum Gasteiger partial charge on any atom is -0.298 e. The second-order valence-corrected chi connectivity index (χ2v) is 8.56. The zero-order valence-electron chi connectivity index (χ0n) is 13.6. The zero-order valence-corrected chi connectivity index (χ0v) is 14.5. The SMILES string of the molecule is CN(Cc1ccc(-c2ccccc2C#N)cc1)[C@H]1CCS(=O)(=O)C1. The molecule has 1 atom stereocenters. The number of hydrogen-bond donors (Lipinski definition) is 0. The van der Waals surface area contributed by atoms with Gasteiger partial charge < -0.3 is 0 Å². The monoisotopic (exact) mass is 340 g/mol. The van der Waals surface area contributed by atoms with Crippen LogP contribution in [0.5, 0.6) is 0 Å². The number of hydrogen-bond acceptors (Lipinski definition) is 4. The van der Waals surface area contributed by atoms with Gasteiger partial charge in [-0.1, -0.05) is 42.5 Å². The van der Waals surface area contributed by atoms with Crippen molar-refractivity contribution in [2.75, 3.05) is 18.6 Å². The minimum absolute atomic E-state index is 0.106. The Hall–Kier alpha value is -2.16. The van der Waals surface area contributed by atoms with E-state index >= 15 is 0 Å². The molecule has 1 aliphatic heterocycles. The van der Waals surface area contributed by atoms with Crippen LogP contribution in [-0.4, -0.2) is 37.9 Å². The summed E-state index contributed by atoms with van der Waals surface area (Å²) >= 11 is 0. The molecular weight excluding hydrogens is 320 g/mol. The summed E-state index contributed by atoms with van der Waals surface area (Å²) in [4.78, 5) is 2.11. The summed E-state index contributed by atoms with van der Waals surface area (Å²) in [6, 6.07) is 18.0. The lowest BCUT2D eigenvalue weighted by Crippen LogP contribution is -2.32. The van der Waals surface area contributed by atoms with E-state index in [4.69, 9.17) is 0 Å². The van der Waals surface area contributed by atoms with Gasteiger partial charge >= 0.3 is 0 Å². The van der Waals surface area contributed by atoms with E-state index in [1.54, 1.807) is 0 Å². The highest BCUT2D eigenvalue weighted by atomic mass is 32.2. The Morgan fingerprint density at radius 3 is 2.50 bits per heavy atom. The van der Waals surface area contributed by atoms with E-state index in [-0.39, 0.29) is 11.8 Å². The van der Waals surface area contributed by atoms with Crippen LogP contribution in [0.25, 0.3) is 11.1 Å².